The smallest absolute Gasteiger partial charge is 0.0718 e. The van der Waals surface area contributed by atoms with Crippen LogP contribution in [0, 0.1) is 0 Å². The highest BCUT2D eigenvalue weighted by Gasteiger charge is 2.22. The van der Waals surface area contributed by atoms with Crippen LogP contribution in [-0.4, -0.2) is 0 Å². The van der Waals surface area contributed by atoms with E-state index in [1.807, 2.05) is 11.3 Å². The summed E-state index contributed by atoms with van der Waals surface area (Å²) >= 11 is 1.88. The van der Waals surface area contributed by atoms with Crippen LogP contribution >= 0.6 is 11.3 Å². The predicted molar refractivity (Wildman–Crippen MR) is 235 cm³/mol. The van der Waals surface area contributed by atoms with Gasteiger partial charge in [0.05, 0.1) is 10.4 Å². The van der Waals surface area contributed by atoms with Gasteiger partial charge in [-0.2, -0.15) is 0 Å². The van der Waals surface area contributed by atoms with Crippen LogP contribution < -0.4 is 4.90 Å². The van der Waals surface area contributed by atoms with Crippen molar-refractivity contribution in [2.24, 2.45) is 0 Å². The van der Waals surface area contributed by atoms with Crippen LogP contribution in [0.5, 0.6) is 0 Å². The minimum absolute atomic E-state index is 1.13. The minimum atomic E-state index is 1.13. The molecule has 252 valence electrons. The maximum absolute atomic E-state index is 2.49. The lowest BCUT2D eigenvalue weighted by atomic mass is 9.90. The van der Waals surface area contributed by atoms with Crippen LogP contribution in [0.25, 0.3) is 85.5 Å². The highest BCUT2D eigenvalue weighted by atomic mass is 32.1. The van der Waals surface area contributed by atoms with Crippen LogP contribution in [0.3, 0.4) is 0 Å². The Labute approximate surface area is 317 Å². The fourth-order valence-corrected chi connectivity index (χ4v) is 9.72. The van der Waals surface area contributed by atoms with Gasteiger partial charge in [-0.3, -0.25) is 0 Å². The van der Waals surface area contributed by atoms with Crippen LogP contribution in [0.1, 0.15) is 0 Å². The quantitative estimate of drug-likeness (QED) is 0.161. The highest BCUT2D eigenvalue weighted by molar-refractivity contribution is 7.26. The second kappa shape index (κ2) is 12.4. The number of anilines is 3. The first-order chi connectivity index (χ1) is 26.8. The SMILES string of the molecule is c1ccc(-c2ccc(N(c3ccc4c(-c5cc6ccccc6c6ccccc56)cccc4c3)c3c4ccccc4cc4c3sc3ccccc34)cc2)cc1. The Balaban J connectivity index is 1.17. The van der Waals surface area contributed by atoms with Crippen LogP contribution in [-0.2, 0) is 0 Å². The molecule has 1 nitrogen and oxygen atoms in total. The molecule has 11 aromatic rings. The van der Waals surface area contributed by atoms with Crippen LogP contribution in [0.2, 0.25) is 0 Å². The molecule has 0 aliphatic rings. The molecule has 0 aliphatic heterocycles. The van der Waals surface area contributed by atoms with Gasteiger partial charge in [0, 0.05) is 32.2 Å². The summed E-state index contributed by atoms with van der Waals surface area (Å²) in [5.74, 6) is 0. The van der Waals surface area contributed by atoms with Gasteiger partial charge in [-0.05, 0) is 102 Å². The Kier molecular flexibility index (Phi) is 7.11. The molecule has 0 bridgehead atoms. The third kappa shape index (κ3) is 4.92. The Morgan fingerprint density at radius 3 is 1.72 bits per heavy atom. The van der Waals surface area contributed by atoms with Gasteiger partial charge in [0.1, 0.15) is 0 Å². The molecule has 0 fully saturated rings. The molecule has 10 aromatic carbocycles. The average molecular weight is 704 g/mol. The molecule has 54 heavy (non-hydrogen) atoms. The lowest BCUT2D eigenvalue weighted by molar-refractivity contribution is 1.32. The van der Waals surface area contributed by atoms with E-state index < -0.39 is 0 Å². The molecule has 2 heteroatoms. The molecule has 0 spiro atoms. The second-order valence-electron chi connectivity index (χ2n) is 14.1. The Morgan fingerprint density at radius 2 is 0.907 bits per heavy atom. The number of hydrogen-bond acceptors (Lipinski definition) is 2. The van der Waals surface area contributed by atoms with Crippen LogP contribution in [0.4, 0.5) is 17.1 Å². The highest BCUT2D eigenvalue weighted by Crippen LogP contribution is 2.49. The minimum Gasteiger partial charge on any atom is -0.308 e. The third-order valence-electron chi connectivity index (χ3n) is 11.0. The zero-order valence-corrected chi connectivity index (χ0v) is 30.2. The number of hydrogen-bond donors (Lipinski definition) is 0. The average Bonchev–Trinajstić information content (AvgIpc) is 3.62. The Hall–Kier alpha value is -6.74. The van der Waals surface area contributed by atoms with E-state index in [4.69, 9.17) is 0 Å². The monoisotopic (exact) mass is 703 g/mol. The maximum Gasteiger partial charge on any atom is 0.0718 e. The number of fused-ring (bicyclic) bond motifs is 8. The first-order valence-electron chi connectivity index (χ1n) is 18.5. The number of thiophene rings is 1. The molecule has 1 heterocycles. The molecule has 0 unspecified atom stereocenters. The molecule has 0 amide bonds. The van der Waals surface area contributed by atoms with Crippen molar-refractivity contribution in [2.75, 3.05) is 4.90 Å². The van der Waals surface area contributed by atoms with Gasteiger partial charge in [-0.15, -0.1) is 11.3 Å². The molecule has 0 atom stereocenters. The van der Waals surface area contributed by atoms with Crippen molar-refractivity contribution in [3.05, 3.63) is 200 Å². The van der Waals surface area contributed by atoms with Gasteiger partial charge >= 0.3 is 0 Å². The summed E-state index contributed by atoms with van der Waals surface area (Å²) in [6, 6.07) is 73.5. The van der Waals surface area contributed by atoms with E-state index in [1.54, 1.807) is 0 Å². The summed E-state index contributed by atoms with van der Waals surface area (Å²) in [6.07, 6.45) is 0. The molecule has 11 rings (SSSR count). The summed E-state index contributed by atoms with van der Waals surface area (Å²) < 4.78 is 2.59. The van der Waals surface area contributed by atoms with Gasteiger partial charge in [-0.25, -0.2) is 0 Å². The van der Waals surface area contributed by atoms with E-state index in [-0.39, 0.29) is 0 Å². The molecule has 0 saturated heterocycles. The fraction of sp³-hybridized carbons (Fsp3) is 0. The summed E-state index contributed by atoms with van der Waals surface area (Å²) in [7, 11) is 0. The van der Waals surface area contributed by atoms with E-state index in [2.05, 4.69) is 205 Å². The maximum atomic E-state index is 2.49. The summed E-state index contributed by atoms with van der Waals surface area (Å²) in [5, 5.41) is 12.6. The lowest BCUT2D eigenvalue weighted by Crippen LogP contribution is -2.11. The number of benzene rings is 10. The Morgan fingerprint density at radius 1 is 0.315 bits per heavy atom. The van der Waals surface area contributed by atoms with Gasteiger partial charge < -0.3 is 4.90 Å². The van der Waals surface area contributed by atoms with E-state index in [1.165, 1.54) is 91.2 Å². The standard InChI is InChI=1S/C52H33NS/c1-2-13-34(14-3-1)35-25-27-39(28-26-35)53(51-43-19-7-5-16-38(43)33-49-47-22-10-11-24-50(47)54-52(49)51)40-29-30-42-36(31-40)17-12-23-45(42)48-32-37-15-4-6-18-41(37)44-20-8-9-21-46(44)48/h1-33H. The second-order valence-corrected chi connectivity index (χ2v) is 15.1. The first-order valence-corrected chi connectivity index (χ1v) is 19.3. The van der Waals surface area contributed by atoms with Gasteiger partial charge in [0.25, 0.3) is 0 Å². The van der Waals surface area contributed by atoms with Crippen molar-refractivity contribution in [1.29, 1.82) is 0 Å². The van der Waals surface area contributed by atoms with E-state index in [9.17, 15) is 0 Å². The number of rotatable bonds is 5. The number of nitrogens with zero attached hydrogens (tertiary/aromatic N) is 1. The summed E-state index contributed by atoms with van der Waals surface area (Å²) in [5.41, 5.74) is 8.40. The first kappa shape index (κ1) is 30.8. The van der Waals surface area contributed by atoms with Crippen molar-refractivity contribution < 1.29 is 0 Å². The Bertz CT molecular complexity index is 3210. The predicted octanol–water partition coefficient (Wildman–Crippen LogP) is 15.5. The zero-order valence-electron chi connectivity index (χ0n) is 29.4. The van der Waals surface area contributed by atoms with E-state index in [0.29, 0.717) is 0 Å². The molecule has 0 aliphatic carbocycles. The molecule has 1 aromatic heterocycles. The molecule has 0 radical (unpaired) electrons. The molecule has 0 N–H and O–H groups in total. The van der Waals surface area contributed by atoms with E-state index >= 15 is 0 Å². The summed E-state index contributed by atoms with van der Waals surface area (Å²) in [4.78, 5) is 2.49. The zero-order chi connectivity index (χ0) is 35.6. The largest absolute Gasteiger partial charge is 0.308 e. The normalized spacial score (nSPS) is 11.7. The lowest BCUT2D eigenvalue weighted by Gasteiger charge is -2.28. The topological polar surface area (TPSA) is 3.24 Å². The molecule has 0 saturated carbocycles. The third-order valence-corrected chi connectivity index (χ3v) is 12.2. The van der Waals surface area contributed by atoms with E-state index in [0.717, 1.165) is 11.4 Å². The van der Waals surface area contributed by atoms with Crippen molar-refractivity contribution in [2.45, 2.75) is 0 Å². The molecular weight excluding hydrogens is 671 g/mol. The molecular formula is C52H33NS. The van der Waals surface area contributed by atoms with Gasteiger partial charge in [0.15, 0.2) is 0 Å². The van der Waals surface area contributed by atoms with Crippen LogP contribution in [0.15, 0.2) is 200 Å². The fourth-order valence-electron chi connectivity index (χ4n) is 8.49. The van der Waals surface area contributed by atoms with Crippen molar-refractivity contribution in [3.63, 3.8) is 0 Å². The van der Waals surface area contributed by atoms with Gasteiger partial charge in [0.2, 0.25) is 0 Å². The summed E-state index contributed by atoms with van der Waals surface area (Å²) in [6.45, 7) is 0. The van der Waals surface area contributed by atoms with Crippen molar-refractivity contribution >= 4 is 91.7 Å². The van der Waals surface area contributed by atoms with Gasteiger partial charge in [-0.1, -0.05) is 158 Å². The van der Waals surface area contributed by atoms with Crippen molar-refractivity contribution in [1.82, 2.24) is 0 Å². The van der Waals surface area contributed by atoms with Crippen molar-refractivity contribution in [3.8, 4) is 22.3 Å².